The van der Waals surface area contributed by atoms with Gasteiger partial charge in [0.25, 0.3) is 5.91 Å². The Bertz CT molecular complexity index is 862. The van der Waals surface area contributed by atoms with Crippen LogP contribution in [-0.4, -0.2) is 26.6 Å². The lowest BCUT2D eigenvalue weighted by atomic mass is 10.1. The molecule has 0 saturated heterocycles. The van der Waals surface area contributed by atoms with Crippen LogP contribution in [0.1, 0.15) is 23.2 Å². The summed E-state index contributed by atoms with van der Waals surface area (Å²) in [7, 11) is -3.35. The number of sulfonamides is 1. The first kappa shape index (κ1) is 16.4. The maximum atomic E-state index is 13.4. The molecule has 0 atom stereocenters. The molecule has 1 fully saturated rings. The Kier molecular flexibility index (Phi) is 4.28. The third-order valence-corrected chi connectivity index (χ3v) is 4.26. The van der Waals surface area contributed by atoms with Crippen LogP contribution in [0.25, 0.3) is 0 Å². The molecule has 0 unspecified atom stereocenters. The van der Waals surface area contributed by atoms with Gasteiger partial charge in [0.1, 0.15) is 5.82 Å². The lowest BCUT2D eigenvalue weighted by molar-refractivity contribution is 0.0985. The van der Waals surface area contributed by atoms with Crippen molar-refractivity contribution in [1.82, 2.24) is 0 Å². The summed E-state index contributed by atoms with van der Waals surface area (Å²) in [6, 6.07) is 12.3. The molecule has 24 heavy (non-hydrogen) atoms. The van der Waals surface area contributed by atoms with Gasteiger partial charge in [-0.2, -0.15) is 0 Å². The minimum absolute atomic E-state index is 0.0921. The van der Waals surface area contributed by atoms with Gasteiger partial charge in [0, 0.05) is 23.0 Å². The molecule has 1 saturated carbocycles. The molecule has 3 rings (SSSR count). The van der Waals surface area contributed by atoms with Crippen molar-refractivity contribution in [2.45, 2.75) is 18.9 Å². The predicted molar refractivity (Wildman–Crippen MR) is 91.1 cm³/mol. The van der Waals surface area contributed by atoms with Gasteiger partial charge in [0.05, 0.1) is 6.26 Å². The summed E-state index contributed by atoms with van der Waals surface area (Å²) in [5.74, 6) is -0.717. The van der Waals surface area contributed by atoms with Crippen molar-refractivity contribution in [2.24, 2.45) is 0 Å². The molecule has 0 aliphatic heterocycles. The first-order chi connectivity index (χ1) is 11.3. The zero-order valence-corrected chi connectivity index (χ0v) is 13.9. The number of anilines is 2. The molecule has 0 bridgehead atoms. The molecular weight excluding hydrogens is 331 g/mol. The zero-order chi connectivity index (χ0) is 17.3. The van der Waals surface area contributed by atoms with Crippen molar-refractivity contribution in [3.8, 4) is 0 Å². The summed E-state index contributed by atoms with van der Waals surface area (Å²) in [4.78, 5) is 14.4. The van der Waals surface area contributed by atoms with Crippen molar-refractivity contribution in [1.29, 1.82) is 0 Å². The fourth-order valence-electron chi connectivity index (χ4n) is 2.49. The molecule has 126 valence electrons. The van der Waals surface area contributed by atoms with Gasteiger partial charge in [-0.05, 0) is 55.3 Å². The normalized spacial score (nSPS) is 14.2. The molecule has 1 amide bonds. The number of carbonyl (C=O) groups is 1. The second-order valence-corrected chi connectivity index (χ2v) is 7.59. The number of benzene rings is 2. The Morgan fingerprint density at radius 2 is 1.83 bits per heavy atom. The van der Waals surface area contributed by atoms with Crippen molar-refractivity contribution in [3.05, 3.63) is 59.9 Å². The van der Waals surface area contributed by atoms with E-state index in [0.29, 0.717) is 16.9 Å². The van der Waals surface area contributed by atoms with E-state index in [2.05, 4.69) is 4.72 Å². The molecule has 1 aliphatic rings. The van der Waals surface area contributed by atoms with Gasteiger partial charge >= 0.3 is 0 Å². The molecule has 1 N–H and O–H groups in total. The summed E-state index contributed by atoms with van der Waals surface area (Å²) >= 11 is 0. The summed E-state index contributed by atoms with van der Waals surface area (Å²) in [6.07, 6.45) is 2.86. The third kappa shape index (κ3) is 3.91. The highest BCUT2D eigenvalue weighted by Gasteiger charge is 2.34. The van der Waals surface area contributed by atoms with E-state index in [1.165, 1.54) is 18.2 Å². The number of nitrogens with zero attached hydrogens (tertiary/aromatic N) is 1. The number of rotatable bonds is 5. The molecule has 0 radical (unpaired) electrons. The van der Waals surface area contributed by atoms with Crippen LogP contribution in [0.5, 0.6) is 0 Å². The number of hydrogen-bond acceptors (Lipinski definition) is 3. The first-order valence-corrected chi connectivity index (χ1v) is 9.39. The second kappa shape index (κ2) is 6.24. The van der Waals surface area contributed by atoms with Crippen LogP contribution in [0.3, 0.4) is 0 Å². The minimum Gasteiger partial charge on any atom is -0.305 e. The second-order valence-electron chi connectivity index (χ2n) is 5.84. The highest BCUT2D eigenvalue weighted by Crippen LogP contribution is 2.33. The van der Waals surface area contributed by atoms with Crippen molar-refractivity contribution in [3.63, 3.8) is 0 Å². The number of nitrogens with one attached hydrogen (secondary N) is 1. The number of hydrogen-bond donors (Lipinski definition) is 1. The van der Waals surface area contributed by atoms with Gasteiger partial charge in [0.2, 0.25) is 10.0 Å². The van der Waals surface area contributed by atoms with Crippen LogP contribution in [0.2, 0.25) is 0 Å². The quantitative estimate of drug-likeness (QED) is 0.903. The van der Waals surface area contributed by atoms with Crippen LogP contribution in [0.15, 0.2) is 48.5 Å². The van der Waals surface area contributed by atoms with E-state index in [1.807, 2.05) is 0 Å². The van der Waals surface area contributed by atoms with Crippen LogP contribution in [0, 0.1) is 5.82 Å². The molecule has 0 aromatic heterocycles. The standard InChI is InChI=1S/C17H17FN2O3S/c1-24(22,23)19-14-5-7-15(8-6-14)20(16-9-10-16)17(21)12-3-2-4-13(18)11-12/h2-8,11,16,19H,9-10H2,1H3. The van der Waals surface area contributed by atoms with E-state index in [-0.39, 0.29) is 11.9 Å². The lowest BCUT2D eigenvalue weighted by Gasteiger charge is -2.23. The molecule has 0 spiro atoms. The largest absolute Gasteiger partial charge is 0.305 e. The van der Waals surface area contributed by atoms with Gasteiger partial charge in [-0.3, -0.25) is 9.52 Å². The van der Waals surface area contributed by atoms with Gasteiger partial charge in [-0.25, -0.2) is 12.8 Å². The van der Waals surface area contributed by atoms with Gasteiger partial charge in [-0.15, -0.1) is 0 Å². The number of carbonyl (C=O) groups excluding carboxylic acids is 1. The Morgan fingerprint density at radius 3 is 2.38 bits per heavy atom. The van der Waals surface area contributed by atoms with Crippen molar-refractivity contribution in [2.75, 3.05) is 15.9 Å². The van der Waals surface area contributed by atoms with Gasteiger partial charge in [-0.1, -0.05) is 6.07 Å². The van der Waals surface area contributed by atoms with E-state index in [1.54, 1.807) is 35.2 Å². The van der Waals surface area contributed by atoms with Gasteiger partial charge < -0.3 is 4.90 Å². The smallest absolute Gasteiger partial charge is 0.258 e. The third-order valence-electron chi connectivity index (χ3n) is 3.65. The topological polar surface area (TPSA) is 66.5 Å². The van der Waals surface area contributed by atoms with Crippen LogP contribution < -0.4 is 9.62 Å². The van der Waals surface area contributed by atoms with E-state index in [9.17, 15) is 17.6 Å². The maximum absolute atomic E-state index is 13.4. The number of amides is 1. The fourth-order valence-corrected chi connectivity index (χ4v) is 3.06. The van der Waals surface area contributed by atoms with E-state index >= 15 is 0 Å². The monoisotopic (exact) mass is 348 g/mol. The van der Waals surface area contributed by atoms with E-state index in [4.69, 9.17) is 0 Å². The Hall–Kier alpha value is -2.41. The van der Waals surface area contributed by atoms with Crippen LogP contribution >= 0.6 is 0 Å². The number of halogens is 1. The lowest BCUT2D eigenvalue weighted by Crippen LogP contribution is -2.33. The van der Waals surface area contributed by atoms with Gasteiger partial charge in [0.15, 0.2) is 0 Å². The Labute approximate surface area is 140 Å². The van der Waals surface area contributed by atoms with Crippen LogP contribution in [0.4, 0.5) is 15.8 Å². The Balaban J connectivity index is 1.87. The Morgan fingerprint density at radius 1 is 1.17 bits per heavy atom. The predicted octanol–water partition coefficient (Wildman–Crippen LogP) is 3.01. The summed E-state index contributed by atoms with van der Waals surface area (Å²) in [5.41, 5.74) is 1.38. The van der Waals surface area contributed by atoms with Crippen molar-refractivity contribution < 1.29 is 17.6 Å². The molecule has 5 nitrogen and oxygen atoms in total. The van der Waals surface area contributed by atoms with Crippen LogP contribution in [-0.2, 0) is 10.0 Å². The highest BCUT2D eigenvalue weighted by atomic mass is 32.2. The zero-order valence-electron chi connectivity index (χ0n) is 13.1. The van der Waals surface area contributed by atoms with Crippen molar-refractivity contribution >= 4 is 27.3 Å². The van der Waals surface area contributed by atoms with E-state index < -0.39 is 15.8 Å². The summed E-state index contributed by atoms with van der Waals surface area (Å²) in [5, 5.41) is 0. The molecule has 7 heteroatoms. The molecule has 2 aromatic rings. The maximum Gasteiger partial charge on any atom is 0.258 e. The van der Waals surface area contributed by atoms with E-state index in [0.717, 1.165) is 19.1 Å². The fraction of sp³-hybridized carbons (Fsp3) is 0.235. The highest BCUT2D eigenvalue weighted by molar-refractivity contribution is 7.92. The average Bonchev–Trinajstić information content (AvgIpc) is 3.32. The average molecular weight is 348 g/mol. The summed E-state index contributed by atoms with van der Waals surface area (Å²) < 4.78 is 38.3. The molecule has 0 heterocycles. The first-order valence-electron chi connectivity index (χ1n) is 7.50. The minimum atomic E-state index is -3.35. The molecule has 2 aromatic carbocycles. The SMILES string of the molecule is CS(=O)(=O)Nc1ccc(N(C(=O)c2cccc(F)c2)C2CC2)cc1. The molecule has 1 aliphatic carbocycles. The summed E-state index contributed by atoms with van der Waals surface area (Å²) in [6.45, 7) is 0. The molecular formula is C17H17FN2O3S.